The molecular formula is C14H19N3O2. The second-order valence-electron chi connectivity index (χ2n) is 4.76. The first kappa shape index (κ1) is 13.5. The van der Waals surface area contributed by atoms with E-state index in [4.69, 9.17) is 10.3 Å². The van der Waals surface area contributed by atoms with Crippen molar-refractivity contribution in [3.05, 3.63) is 29.2 Å². The topological polar surface area (TPSA) is 85.2 Å². The molecule has 5 nitrogen and oxygen atoms in total. The van der Waals surface area contributed by atoms with E-state index in [1.807, 2.05) is 19.1 Å². The highest BCUT2D eigenvalue weighted by molar-refractivity contribution is 5.70. The highest BCUT2D eigenvalue weighted by Gasteiger charge is 2.20. The molecule has 2 rings (SSSR count). The number of nitrogens with two attached hydrogens (primary N) is 1. The van der Waals surface area contributed by atoms with Gasteiger partial charge in [0.15, 0.2) is 0 Å². The molecule has 0 radical (unpaired) electrons. The summed E-state index contributed by atoms with van der Waals surface area (Å²) in [5, 5.41) is 14.3. The van der Waals surface area contributed by atoms with Crippen molar-refractivity contribution >= 4 is 0 Å². The minimum Gasteiger partial charge on any atom is -0.507 e. The standard InChI is InChI=1S/C14H19N3O2/c1-4-9-5-6-10(8(2)3)12(13(9)18)14-16-11(7-15)19-17-14/h5-6,8,18H,4,7,15H2,1-3H3. The lowest BCUT2D eigenvalue weighted by atomic mass is 9.93. The maximum atomic E-state index is 10.4. The van der Waals surface area contributed by atoms with Crippen molar-refractivity contribution in [2.24, 2.45) is 5.73 Å². The van der Waals surface area contributed by atoms with Gasteiger partial charge in [-0.3, -0.25) is 0 Å². The number of aromatic nitrogens is 2. The summed E-state index contributed by atoms with van der Waals surface area (Å²) in [5.41, 5.74) is 8.00. The Hall–Kier alpha value is -1.88. The van der Waals surface area contributed by atoms with Gasteiger partial charge in [-0.05, 0) is 23.5 Å². The zero-order chi connectivity index (χ0) is 14.0. The molecule has 1 heterocycles. The number of rotatable bonds is 4. The minimum absolute atomic E-state index is 0.193. The van der Waals surface area contributed by atoms with E-state index in [1.165, 1.54) is 0 Å². The number of hydrogen-bond acceptors (Lipinski definition) is 5. The number of aryl methyl sites for hydroxylation is 1. The average molecular weight is 261 g/mol. The van der Waals surface area contributed by atoms with Gasteiger partial charge >= 0.3 is 0 Å². The summed E-state index contributed by atoms with van der Waals surface area (Å²) < 4.78 is 5.03. The zero-order valence-electron chi connectivity index (χ0n) is 11.5. The van der Waals surface area contributed by atoms with Gasteiger partial charge in [0.05, 0.1) is 12.1 Å². The van der Waals surface area contributed by atoms with Crippen molar-refractivity contribution in [1.82, 2.24) is 10.1 Å². The van der Waals surface area contributed by atoms with E-state index in [0.717, 1.165) is 17.5 Å². The van der Waals surface area contributed by atoms with Gasteiger partial charge in [-0.25, -0.2) is 0 Å². The molecule has 0 spiro atoms. The minimum atomic E-state index is 0.193. The SMILES string of the molecule is CCc1ccc(C(C)C)c(-c2noc(CN)n2)c1O. The Morgan fingerprint density at radius 1 is 1.37 bits per heavy atom. The Bertz CT molecular complexity index is 576. The lowest BCUT2D eigenvalue weighted by molar-refractivity contribution is 0.380. The summed E-state index contributed by atoms with van der Waals surface area (Å²) in [6, 6.07) is 3.95. The van der Waals surface area contributed by atoms with Crippen LogP contribution in [0.4, 0.5) is 0 Å². The fourth-order valence-corrected chi connectivity index (χ4v) is 2.09. The zero-order valence-corrected chi connectivity index (χ0v) is 11.5. The molecule has 102 valence electrons. The molecule has 0 fully saturated rings. The molecule has 5 heteroatoms. The van der Waals surface area contributed by atoms with Gasteiger partial charge in [-0.2, -0.15) is 4.98 Å². The highest BCUT2D eigenvalue weighted by Crippen LogP contribution is 2.37. The molecule has 0 atom stereocenters. The first-order valence-corrected chi connectivity index (χ1v) is 6.46. The van der Waals surface area contributed by atoms with Crippen molar-refractivity contribution in [1.29, 1.82) is 0 Å². The van der Waals surface area contributed by atoms with Crippen molar-refractivity contribution in [3.63, 3.8) is 0 Å². The molecule has 0 aliphatic heterocycles. The molecule has 0 aliphatic carbocycles. The molecule has 0 amide bonds. The van der Waals surface area contributed by atoms with Gasteiger partial charge < -0.3 is 15.4 Å². The molecule has 2 aromatic rings. The number of phenolic OH excluding ortho intramolecular Hbond substituents is 1. The van der Waals surface area contributed by atoms with E-state index in [9.17, 15) is 5.11 Å². The van der Waals surface area contributed by atoms with Gasteiger partial charge in [-0.15, -0.1) is 0 Å². The Morgan fingerprint density at radius 2 is 2.11 bits per heavy atom. The van der Waals surface area contributed by atoms with Gasteiger partial charge in [0, 0.05) is 0 Å². The predicted octanol–water partition coefficient (Wildman–Crippen LogP) is 2.59. The van der Waals surface area contributed by atoms with Crippen LogP contribution in [0.5, 0.6) is 5.75 Å². The molecule has 0 aliphatic rings. The lowest BCUT2D eigenvalue weighted by Crippen LogP contribution is -1.98. The third kappa shape index (κ3) is 2.46. The maximum Gasteiger partial charge on any atom is 0.240 e. The number of aromatic hydroxyl groups is 1. The van der Waals surface area contributed by atoms with Crippen molar-refractivity contribution in [3.8, 4) is 17.1 Å². The molecule has 19 heavy (non-hydrogen) atoms. The van der Waals surface area contributed by atoms with Crippen LogP contribution in [-0.4, -0.2) is 15.2 Å². The molecule has 0 bridgehead atoms. The van der Waals surface area contributed by atoms with Crippen LogP contribution in [0.25, 0.3) is 11.4 Å². The fraction of sp³-hybridized carbons (Fsp3) is 0.429. The summed E-state index contributed by atoms with van der Waals surface area (Å²) in [5.74, 6) is 1.26. The van der Waals surface area contributed by atoms with Crippen LogP contribution in [0.3, 0.4) is 0 Å². The summed E-state index contributed by atoms with van der Waals surface area (Å²) in [6.45, 7) is 6.31. The van der Waals surface area contributed by atoms with Crippen LogP contribution < -0.4 is 5.73 Å². The monoisotopic (exact) mass is 261 g/mol. The fourth-order valence-electron chi connectivity index (χ4n) is 2.09. The van der Waals surface area contributed by atoms with Gasteiger partial charge in [0.1, 0.15) is 5.75 Å². The molecule has 1 aromatic carbocycles. The van der Waals surface area contributed by atoms with Crippen LogP contribution in [0.2, 0.25) is 0 Å². The Balaban J connectivity index is 2.64. The summed E-state index contributed by atoms with van der Waals surface area (Å²) >= 11 is 0. The van der Waals surface area contributed by atoms with E-state index < -0.39 is 0 Å². The van der Waals surface area contributed by atoms with Gasteiger partial charge in [-0.1, -0.05) is 38.1 Å². The normalized spacial score (nSPS) is 11.2. The second kappa shape index (κ2) is 5.40. The van der Waals surface area contributed by atoms with E-state index in [-0.39, 0.29) is 18.2 Å². The van der Waals surface area contributed by atoms with Gasteiger partial charge in [0.2, 0.25) is 11.7 Å². The van der Waals surface area contributed by atoms with E-state index in [1.54, 1.807) is 0 Å². The summed E-state index contributed by atoms with van der Waals surface area (Å²) in [4.78, 5) is 4.22. The second-order valence-corrected chi connectivity index (χ2v) is 4.76. The number of benzene rings is 1. The van der Waals surface area contributed by atoms with E-state index in [0.29, 0.717) is 17.3 Å². The largest absolute Gasteiger partial charge is 0.507 e. The predicted molar refractivity (Wildman–Crippen MR) is 72.8 cm³/mol. The number of phenols is 1. The Labute approximate surface area is 112 Å². The molecular weight excluding hydrogens is 242 g/mol. The van der Waals surface area contributed by atoms with Crippen LogP contribution in [0, 0.1) is 0 Å². The van der Waals surface area contributed by atoms with Crippen LogP contribution in [-0.2, 0) is 13.0 Å². The van der Waals surface area contributed by atoms with Crippen molar-refractivity contribution < 1.29 is 9.63 Å². The van der Waals surface area contributed by atoms with Crippen molar-refractivity contribution in [2.45, 2.75) is 39.7 Å². The summed E-state index contributed by atoms with van der Waals surface area (Å²) in [7, 11) is 0. The molecule has 0 saturated carbocycles. The molecule has 0 unspecified atom stereocenters. The smallest absolute Gasteiger partial charge is 0.240 e. The Kier molecular flexibility index (Phi) is 3.85. The maximum absolute atomic E-state index is 10.4. The first-order chi connectivity index (χ1) is 9.08. The van der Waals surface area contributed by atoms with E-state index >= 15 is 0 Å². The number of nitrogens with zero attached hydrogens (tertiary/aromatic N) is 2. The van der Waals surface area contributed by atoms with Crippen LogP contribution >= 0.6 is 0 Å². The molecule has 3 N–H and O–H groups in total. The van der Waals surface area contributed by atoms with E-state index in [2.05, 4.69) is 24.0 Å². The third-order valence-electron chi connectivity index (χ3n) is 3.16. The molecule has 0 saturated heterocycles. The van der Waals surface area contributed by atoms with Crippen LogP contribution in [0.15, 0.2) is 16.7 Å². The Morgan fingerprint density at radius 3 is 2.63 bits per heavy atom. The summed E-state index contributed by atoms with van der Waals surface area (Å²) in [6.07, 6.45) is 0.749. The van der Waals surface area contributed by atoms with Crippen molar-refractivity contribution in [2.75, 3.05) is 0 Å². The first-order valence-electron chi connectivity index (χ1n) is 6.46. The average Bonchev–Trinajstić information content (AvgIpc) is 2.86. The highest BCUT2D eigenvalue weighted by atomic mass is 16.5. The van der Waals surface area contributed by atoms with Crippen LogP contribution in [0.1, 0.15) is 43.7 Å². The number of hydrogen-bond donors (Lipinski definition) is 2. The third-order valence-corrected chi connectivity index (χ3v) is 3.16. The quantitative estimate of drug-likeness (QED) is 0.883. The lowest BCUT2D eigenvalue weighted by Gasteiger charge is -2.14. The molecule has 1 aromatic heterocycles. The van der Waals surface area contributed by atoms with Gasteiger partial charge in [0.25, 0.3) is 0 Å².